The number of hydrogen-bond donors (Lipinski definition) is 0. The smallest absolute Gasteiger partial charge is 0.333 e. The van der Waals surface area contributed by atoms with Crippen LogP contribution in [0.15, 0.2) is 25.0 Å². The first-order chi connectivity index (χ1) is 7.51. The molecule has 16 heavy (non-hydrogen) atoms. The van der Waals surface area contributed by atoms with Crippen molar-refractivity contribution in [1.82, 2.24) is 0 Å². The molecule has 1 unspecified atom stereocenters. The molecule has 1 rings (SSSR count). The standard InChI is InChI=1S/C7H10O3.C4H6O2/c1-5(7(8)9-2)3-6-4-10-6;1-3-6-4(2)5/h6H,1,3-4H2,2H3;3H,1H2,2H3. The van der Waals surface area contributed by atoms with E-state index in [1.165, 1.54) is 14.0 Å². The number of ether oxygens (including phenoxy) is 3. The molecule has 90 valence electrons. The zero-order valence-corrected chi connectivity index (χ0v) is 9.52. The van der Waals surface area contributed by atoms with Gasteiger partial charge in [-0.1, -0.05) is 13.2 Å². The molecule has 0 amide bonds. The highest BCUT2D eigenvalue weighted by molar-refractivity contribution is 5.87. The van der Waals surface area contributed by atoms with Gasteiger partial charge < -0.3 is 14.2 Å². The SMILES string of the molecule is C=C(CC1CO1)C(=O)OC.C=COC(C)=O. The number of rotatable bonds is 4. The quantitative estimate of drug-likeness (QED) is 0.313. The van der Waals surface area contributed by atoms with E-state index in [1.807, 2.05) is 0 Å². The monoisotopic (exact) mass is 228 g/mol. The van der Waals surface area contributed by atoms with Crippen LogP contribution in [0.3, 0.4) is 0 Å². The Morgan fingerprint density at radius 3 is 2.38 bits per heavy atom. The predicted molar refractivity (Wildman–Crippen MR) is 57.5 cm³/mol. The van der Waals surface area contributed by atoms with E-state index in [0.29, 0.717) is 12.0 Å². The van der Waals surface area contributed by atoms with Crippen molar-refractivity contribution < 1.29 is 23.8 Å². The lowest BCUT2D eigenvalue weighted by molar-refractivity contribution is -0.136. The molecule has 1 aliphatic rings. The molecular weight excluding hydrogens is 212 g/mol. The first-order valence-electron chi connectivity index (χ1n) is 4.67. The third kappa shape index (κ3) is 7.75. The molecule has 0 N–H and O–H groups in total. The van der Waals surface area contributed by atoms with Crippen LogP contribution in [0.25, 0.3) is 0 Å². The summed E-state index contributed by atoms with van der Waals surface area (Å²) in [4.78, 5) is 20.4. The molecule has 5 nitrogen and oxygen atoms in total. The topological polar surface area (TPSA) is 65.1 Å². The van der Waals surface area contributed by atoms with E-state index in [1.54, 1.807) is 0 Å². The maximum absolute atomic E-state index is 10.7. The van der Waals surface area contributed by atoms with Crippen LogP contribution in [0.2, 0.25) is 0 Å². The second-order valence-corrected chi connectivity index (χ2v) is 3.03. The van der Waals surface area contributed by atoms with Crippen LogP contribution < -0.4 is 0 Å². The highest BCUT2D eigenvalue weighted by Gasteiger charge is 2.25. The van der Waals surface area contributed by atoms with Gasteiger partial charge in [0, 0.05) is 18.9 Å². The van der Waals surface area contributed by atoms with Crippen LogP contribution in [0, 0.1) is 0 Å². The van der Waals surface area contributed by atoms with E-state index in [0.717, 1.165) is 12.9 Å². The van der Waals surface area contributed by atoms with E-state index in [2.05, 4.69) is 22.6 Å². The number of esters is 2. The second kappa shape index (κ2) is 7.64. The predicted octanol–water partition coefficient (Wildman–Crippen LogP) is 1.20. The van der Waals surface area contributed by atoms with Crippen molar-refractivity contribution in [2.24, 2.45) is 0 Å². The van der Waals surface area contributed by atoms with Gasteiger partial charge in [0.15, 0.2) is 0 Å². The molecule has 0 aliphatic carbocycles. The molecule has 0 aromatic heterocycles. The molecule has 1 atom stereocenters. The van der Waals surface area contributed by atoms with Crippen molar-refractivity contribution in [3.05, 3.63) is 25.0 Å². The third-order valence-corrected chi connectivity index (χ3v) is 1.60. The van der Waals surface area contributed by atoms with Gasteiger partial charge in [-0.25, -0.2) is 4.79 Å². The number of hydrogen-bond acceptors (Lipinski definition) is 5. The lowest BCUT2D eigenvalue weighted by Gasteiger charge is -1.98. The van der Waals surface area contributed by atoms with Gasteiger partial charge >= 0.3 is 11.9 Å². The molecule has 0 aromatic rings. The van der Waals surface area contributed by atoms with Gasteiger partial charge in [0.05, 0.1) is 26.1 Å². The Morgan fingerprint density at radius 1 is 1.56 bits per heavy atom. The minimum atomic E-state index is -0.337. The first-order valence-corrected chi connectivity index (χ1v) is 4.67. The van der Waals surface area contributed by atoms with Gasteiger partial charge in [-0.15, -0.1) is 0 Å². The molecule has 1 saturated heterocycles. The Morgan fingerprint density at radius 2 is 2.12 bits per heavy atom. The summed E-state index contributed by atoms with van der Waals surface area (Å²) in [6.45, 7) is 8.78. The minimum absolute atomic E-state index is 0.214. The summed E-state index contributed by atoms with van der Waals surface area (Å²) in [6.07, 6.45) is 1.92. The average Bonchev–Trinajstić information content (AvgIpc) is 3.01. The fourth-order valence-electron chi connectivity index (χ4n) is 0.806. The van der Waals surface area contributed by atoms with Crippen molar-refractivity contribution in [3.63, 3.8) is 0 Å². The Hall–Kier alpha value is -1.62. The van der Waals surface area contributed by atoms with E-state index in [9.17, 15) is 9.59 Å². The molecule has 1 aliphatic heterocycles. The largest absolute Gasteiger partial charge is 0.466 e. The maximum atomic E-state index is 10.7. The van der Waals surface area contributed by atoms with E-state index >= 15 is 0 Å². The fourth-order valence-corrected chi connectivity index (χ4v) is 0.806. The highest BCUT2D eigenvalue weighted by atomic mass is 16.6. The van der Waals surface area contributed by atoms with E-state index < -0.39 is 0 Å². The van der Waals surface area contributed by atoms with Gasteiger partial charge in [0.25, 0.3) is 0 Å². The van der Waals surface area contributed by atoms with Crippen LogP contribution >= 0.6 is 0 Å². The minimum Gasteiger partial charge on any atom is -0.466 e. The normalized spacial score (nSPS) is 16.2. The van der Waals surface area contributed by atoms with Crippen molar-refractivity contribution in [3.8, 4) is 0 Å². The molecule has 0 radical (unpaired) electrons. The number of epoxide rings is 1. The molecular formula is C11H16O5. The number of carbonyl (C=O) groups excluding carboxylic acids is 2. The molecule has 1 fully saturated rings. The van der Waals surface area contributed by atoms with E-state index in [-0.39, 0.29) is 18.0 Å². The Kier molecular flexibility index (Phi) is 6.87. The molecule has 5 heteroatoms. The van der Waals surface area contributed by atoms with Crippen molar-refractivity contribution >= 4 is 11.9 Å². The van der Waals surface area contributed by atoms with Gasteiger partial charge in [-0.3, -0.25) is 4.79 Å². The molecule has 0 aromatic carbocycles. The van der Waals surface area contributed by atoms with E-state index in [4.69, 9.17) is 4.74 Å². The lowest BCUT2D eigenvalue weighted by atomic mass is 10.2. The zero-order valence-electron chi connectivity index (χ0n) is 9.52. The number of carbonyl (C=O) groups is 2. The summed E-state index contributed by atoms with van der Waals surface area (Å²) in [6, 6.07) is 0. The summed E-state index contributed by atoms with van der Waals surface area (Å²) in [5.41, 5.74) is 0.491. The van der Waals surface area contributed by atoms with Gasteiger partial charge in [-0.05, 0) is 0 Å². The molecule has 0 bridgehead atoms. The summed E-state index contributed by atoms with van der Waals surface area (Å²) in [5, 5.41) is 0. The fraction of sp³-hybridized carbons (Fsp3) is 0.455. The van der Waals surface area contributed by atoms with Crippen LogP contribution in [0.1, 0.15) is 13.3 Å². The van der Waals surface area contributed by atoms with Crippen LogP contribution in [0.5, 0.6) is 0 Å². The van der Waals surface area contributed by atoms with Gasteiger partial charge in [-0.2, -0.15) is 0 Å². The van der Waals surface area contributed by atoms with Crippen LogP contribution in [0.4, 0.5) is 0 Å². The van der Waals surface area contributed by atoms with Crippen molar-refractivity contribution in [1.29, 1.82) is 0 Å². The molecule has 0 saturated carbocycles. The van der Waals surface area contributed by atoms with Gasteiger partial charge in [0.1, 0.15) is 0 Å². The maximum Gasteiger partial charge on any atom is 0.333 e. The van der Waals surface area contributed by atoms with Gasteiger partial charge in [0.2, 0.25) is 0 Å². The Labute approximate surface area is 94.7 Å². The first kappa shape index (κ1) is 14.4. The zero-order chi connectivity index (χ0) is 12.6. The summed E-state index contributed by atoms with van der Waals surface area (Å²) < 4.78 is 13.5. The average molecular weight is 228 g/mol. The Bertz CT molecular complexity index is 278. The lowest BCUT2D eigenvalue weighted by Crippen LogP contribution is -2.05. The highest BCUT2D eigenvalue weighted by Crippen LogP contribution is 2.18. The summed E-state index contributed by atoms with van der Waals surface area (Å²) >= 11 is 0. The second-order valence-electron chi connectivity index (χ2n) is 3.03. The number of methoxy groups -OCH3 is 1. The van der Waals surface area contributed by atoms with Crippen molar-refractivity contribution in [2.45, 2.75) is 19.4 Å². The summed E-state index contributed by atoms with van der Waals surface area (Å²) in [7, 11) is 1.35. The Balaban J connectivity index is 0.000000325. The van der Waals surface area contributed by atoms with Crippen LogP contribution in [-0.2, 0) is 23.8 Å². The van der Waals surface area contributed by atoms with Crippen molar-refractivity contribution in [2.75, 3.05) is 13.7 Å². The molecule has 1 heterocycles. The molecule has 0 spiro atoms. The van der Waals surface area contributed by atoms with Crippen LogP contribution in [-0.4, -0.2) is 31.8 Å². The third-order valence-electron chi connectivity index (χ3n) is 1.60. The summed E-state index contributed by atoms with van der Waals surface area (Å²) in [5.74, 6) is -0.666.